The molecule has 0 N–H and O–H groups in total. The van der Waals surface area contributed by atoms with Crippen molar-refractivity contribution in [3.05, 3.63) is 0 Å². The van der Waals surface area contributed by atoms with Gasteiger partial charge in [0.25, 0.3) is 0 Å². The molecule has 0 saturated carbocycles. The van der Waals surface area contributed by atoms with E-state index in [0.29, 0.717) is 19.5 Å². The minimum atomic E-state index is -0.196. The summed E-state index contributed by atoms with van der Waals surface area (Å²) in [5, 5.41) is 0. The Morgan fingerprint density at radius 2 is 2.00 bits per heavy atom. The average Bonchev–Trinajstić information content (AvgIpc) is 2.89. The number of carbonyl (C=O) groups is 2. The number of amides is 2. The molecule has 5 heteroatoms. The van der Waals surface area contributed by atoms with Gasteiger partial charge in [-0.15, -0.1) is 0 Å². The highest BCUT2D eigenvalue weighted by Gasteiger charge is 2.39. The Hall–Kier alpha value is -1.10. The normalized spacial score (nSPS) is 32.4. The second-order valence-corrected chi connectivity index (χ2v) is 5.77. The fourth-order valence-corrected chi connectivity index (χ4v) is 3.40. The molecule has 2 atom stereocenters. The van der Waals surface area contributed by atoms with Gasteiger partial charge >= 0.3 is 0 Å². The van der Waals surface area contributed by atoms with E-state index in [1.54, 1.807) is 4.90 Å². The summed E-state index contributed by atoms with van der Waals surface area (Å²) >= 11 is 0. The zero-order chi connectivity index (χ0) is 13.2. The lowest BCUT2D eigenvalue weighted by Gasteiger charge is -2.30. The fraction of sp³-hybridized carbons (Fsp3) is 0.857. The van der Waals surface area contributed by atoms with E-state index in [0.717, 1.165) is 38.8 Å². The van der Waals surface area contributed by atoms with Gasteiger partial charge in [-0.05, 0) is 32.1 Å². The number of nitrogens with zero attached hydrogens (tertiary/aromatic N) is 2. The van der Waals surface area contributed by atoms with Crippen molar-refractivity contribution in [2.45, 2.75) is 50.7 Å². The van der Waals surface area contributed by atoms with E-state index in [1.165, 1.54) is 6.42 Å². The van der Waals surface area contributed by atoms with Crippen LogP contribution in [0.25, 0.3) is 0 Å². The topological polar surface area (TPSA) is 49.9 Å². The van der Waals surface area contributed by atoms with Crippen molar-refractivity contribution in [1.29, 1.82) is 0 Å². The van der Waals surface area contributed by atoms with Gasteiger partial charge in [0, 0.05) is 32.7 Å². The molecule has 0 aromatic heterocycles. The monoisotopic (exact) mass is 266 g/mol. The zero-order valence-electron chi connectivity index (χ0n) is 11.3. The number of hydrogen-bond acceptors (Lipinski definition) is 3. The highest BCUT2D eigenvalue weighted by molar-refractivity contribution is 5.90. The van der Waals surface area contributed by atoms with E-state index < -0.39 is 0 Å². The maximum atomic E-state index is 12.5. The van der Waals surface area contributed by atoms with Gasteiger partial charge < -0.3 is 14.5 Å². The van der Waals surface area contributed by atoms with Gasteiger partial charge in [0.1, 0.15) is 6.04 Å². The summed E-state index contributed by atoms with van der Waals surface area (Å²) in [5.74, 6) is 0.278. The van der Waals surface area contributed by atoms with Crippen LogP contribution in [0.15, 0.2) is 0 Å². The molecule has 3 fully saturated rings. The van der Waals surface area contributed by atoms with E-state index in [9.17, 15) is 9.59 Å². The number of fused-ring (bicyclic) bond motifs is 1. The largest absolute Gasteiger partial charge is 0.376 e. The van der Waals surface area contributed by atoms with Crippen molar-refractivity contribution >= 4 is 11.8 Å². The molecule has 5 nitrogen and oxygen atoms in total. The SMILES string of the molecule is O=C1C2CCCN2C(=O)CCN1CC1CCCCO1. The summed E-state index contributed by atoms with van der Waals surface area (Å²) in [7, 11) is 0. The highest BCUT2D eigenvalue weighted by atomic mass is 16.5. The minimum absolute atomic E-state index is 0.137. The average molecular weight is 266 g/mol. The molecule has 3 aliphatic heterocycles. The molecule has 0 aliphatic carbocycles. The summed E-state index contributed by atoms with van der Waals surface area (Å²) in [5.41, 5.74) is 0. The molecule has 0 radical (unpaired) electrons. The number of rotatable bonds is 2. The zero-order valence-corrected chi connectivity index (χ0v) is 11.3. The maximum Gasteiger partial charge on any atom is 0.245 e. The van der Waals surface area contributed by atoms with Crippen LogP contribution in [0.1, 0.15) is 38.5 Å². The van der Waals surface area contributed by atoms with Crippen LogP contribution in [0.4, 0.5) is 0 Å². The van der Waals surface area contributed by atoms with Crippen molar-refractivity contribution in [3.63, 3.8) is 0 Å². The Morgan fingerprint density at radius 3 is 2.79 bits per heavy atom. The van der Waals surface area contributed by atoms with Crippen molar-refractivity contribution in [3.8, 4) is 0 Å². The van der Waals surface area contributed by atoms with Crippen LogP contribution in [0.5, 0.6) is 0 Å². The lowest BCUT2D eigenvalue weighted by molar-refractivity contribution is -0.140. The summed E-state index contributed by atoms with van der Waals surface area (Å²) in [6.07, 6.45) is 5.75. The first-order chi connectivity index (χ1) is 9.25. The molecule has 3 aliphatic rings. The molecule has 0 aromatic rings. The van der Waals surface area contributed by atoms with E-state index in [2.05, 4.69) is 0 Å². The van der Waals surface area contributed by atoms with Crippen LogP contribution >= 0.6 is 0 Å². The fourth-order valence-electron chi connectivity index (χ4n) is 3.40. The quantitative estimate of drug-likeness (QED) is 0.742. The van der Waals surface area contributed by atoms with Crippen LogP contribution in [0, 0.1) is 0 Å². The standard InChI is InChI=1S/C14H22N2O3/c17-13-6-8-15(10-11-4-1-2-9-19-11)14(18)12-5-3-7-16(12)13/h11-12H,1-10H2. The highest BCUT2D eigenvalue weighted by Crippen LogP contribution is 2.24. The van der Waals surface area contributed by atoms with Gasteiger partial charge in [0.05, 0.1) is 6.10 Å². The Bertz CT molecular complexity index is 366. The van der Waals surface area contributed by atoms with Crippen LogP contribution in [0.2, 0.25) is 0 Å². The van der Waals surface area contributed by atoms with Crippen molar-refractivity contribution < 1.29 is 14.3 Å². The first-order valence-electron chi connectivity index (χ1n) is 7.45. The molecule has 106 valence electrons. The molecule has 0 spiro atoms. The van der Waals surface area contributed by atoms with Crippen LogP contribution in [-0.4, -0.2) is 60.0 Å². The van der Waals surface area contributed by atoms with E-state index in [1.807, 2.05) is 4.90 Å². The van der Waals surface area contributed by atoms with Gasteiger partial charge in [0.2, 0.25) is 11.8 Å². The number of hydrogen-bond donors (Lipinski definition) is 0. The lowest BCUT2D eigenvalue weighted by atomic mass is 10.1. The molecule has 3 rings (SSSR count). The number of ether oxygens (including phenoxy) is 1. The molecule has 3 saturated heterocycles. The third kappa shape index (κ3) is 2.61. The summed E-state index contributed by atoms with van der Waals surface area (Å²) in [6.45, 7) is 2.78. The Balaban J connectivity index is 1.67. The van der Waals surface area contributed by atoms with Gasteiger partial charge in [-0.3, -0.25) is 9.59 Å². The van der Waals surface area contributed by atoms with Crippen LogP contribution < -0.4 is 0 Å². The Kier molecular flexibility index (Phi) is 3.73. The second kappa shape index (κ2) is 5.49. The predicted molar refractivity (Wildman–Crippen MR) is 69.5 cm³/mol. The van der Waals surface area contributed by atoms with Gasteiger partial charge in [-0.2, -0.15) is 0 Å². The molecule has 2 amide bonds. The molecule has 19 heavy (non-hydrogen) atoms. The summed E-state index contributed by atoms with van der Waals surface area (Å²) in [4.78, 5) is 28.2. The van der Waals surface area contributed by atoms with Crippen molar-refractivity contribution in [2.75, 3.05) is 26.2 Å². The number of carbonyl (C=O) groups excluding carboxylic acids is 2. The Morgan fingerprint density at radius 1 is 1.11 bits per heavy atom. The molecule has 3 heterocycles. The maximum absolute atomic E-state index is 12.5. The van der Waals surface area contributed by atoms with Crippen molar-refractivity contribution in [2.24, 2.45) is 0 Å². The van der Waals surface area contributed by atoms with Crippen LogP contribution in [0.3, 0.4) is 0 Å². The molecule has 2 unspecified atom stereocenters. The van der Waals surface area contributed by atoms with E-state index in [-0.39, 0.29) is 24.0 Å². The van der Waals surface area contributed by atoms with E-state index in [4.69, 9.17) is 4.74 Å². The molecular formula is C14H22N2O3. The molecule has 0 aromatic carbocycles. The molecular weight excluding hydrogens is 244 g/mol. The first kappa shape index (κ1) is 12.9. The summed E-state index contributed by atoms with van der Waals surface area (Å²) < 4.78 is 5.72. The van der Waals surface area contributed by atoms with Crippen LogP contribution in [-0.2, 0) is 14.3 Å². The molecule has 0 bridgehead atoms. The smallest absolute Gasteiger partial charge is 0.245 e. The van der Waals surface area contributed by atoms with Gasteiger partial charge in [0.15, 0.2) is 0 Å². The second-order valence-electron chi connectivity index (χ2n) is 5.77. The summed E-state index contributed by atoms with van der Waals surface area (Å²) in [6, 6.07) is -0.196. The first-order valence-corrected chi connectivity index (χ1v) is 7.45. The van der Waals surface area contributed by atoms with Crippen molar-refractivity contribution in [1.82, 2.24) is 9.80 Å². The van der Waals surface area contributed by atoms with E-state index >= 15 is 0 Å². The Labute approximate surface area is 113 Å². The lowest BCUT2D eigenvalue weighted by Crippen LogP contribution is -2.46. The third-order valence-electron chi connectivity index (χ3n) is 4.46. The third-order valence-corrected chi connectivity index (χ3v) is 4.46. The van der Waals surface area contributed by atoms with Gasteiger partial charge in [-0.25, -0.2) is 0 Å². The van der Waals surface area contributed by atoms with Gasteiger partial charge in [-0.1, -0.05) is 0 Å². The predicted octanol–water partition coefficient (Wildman–Crippen LogP) is 0.779. The minimum Gasteiger partial charge on any atom is -0.376 e.